The van der Waals surface area contributed by atoms with Crippen LogP contribution in [0.2, 0.25) is 5.15 Å². The number of likely N-dealkylation sites (tertiary alicyclic amines) is 1. The van der Waals surface area contributed by atoms with Crippen molar-refractivity contribution >= 4 is 11.6 Å². The van der Waals surface area contributed by atoms with E-state index < -0.39 is 0 Å². The van der Waals surface area contributed by atoms with E-state index in [4.69, 9.17) is 17.3 Å². The van der Waals surface area contributed by atoms with Crippen molar-refractivity contribution in [1.29, 1.82) is 0 Å². The molecule has 3 nitrogen and oxygen atoms in total. The predicted molar refractivity (Wildman–Crippen MR) is 66.3 cm³/mol. The lowest BCUT2D eigenvalue weighted by Crippen LogP contribution is -2.35. The van der Waals surface area contributed by atoms with Crippen molar-refractivity contribution in [2.45, 2.75) is 19.4 Å². The summed E-state index contributed by atoms with van der Waals surface area (Å²) >= 11 is 5.86. The molecule has 0 bridgehead atoms. The number of rotatable bonds is 3. The van der Waals surface area contributed by atoms with Crippen molar-refractivity contribution < 1.29 is 0 Å². The van der Waals surface area contributed by atoms with Crippen LogP contribution in [-0.2, 0) is 6.54 Å². The Morgan fingerprint density at radius 2 is 2.12 bits per heavy atom. The van der Waals surface area contributed by atoms with Gasteiger partial charge >= 0.3 is 0 Å². The first-order valence-corrected chi connectivity index (χ1v) is 6.19. The number of hydrogen-bond acceptors (Lipinski definition) is 3. The average Bonchev–Trinajstić information content (AvgIpc) is 2.30. The summed E-state index contributed by atoms with van der Waals surface area (Å²) in [5.74, 6) is 0.712. The molecule has 0 aliphatic carbocycles. The first-order valence-electron chi connectivity index (χ1n) is 5.82. The fourth-order valence-electron chi connectivity index (χ4n) is 2.15. The highest BCUT2D eigenvalue weighted by molar-refractivity contribution is 6.29. The molecule has 2 N–H and O–H groups in total. The van der Waals surface area contributed by atoms with E-state index in [1.807, 2.05) is 18.2 Å². The molecule has 0 amide bonds. The van der Waals surface area contributed by atoms with Crippen molar-refractivity contribution in [1.82, 2.24) is 9.88 Å². The second-order valence-corrected chi connectivity index (χ2v) is 4.79. The zero-order valence-electron chi connectivity index (χ0n) is 9.40. The van der Waals surface area contributed by atoms with Gasteiger partial charge in [0.1, 0.15) is 5.15 Å². The molecule has 1 aliphatic heterocycles. The highest BCUT2D eigenvalue weighted by Crippen LogP contribution is 2.17. The number of nitrogens with zero attached hydrogens (tertiary/aromatic N) is 2. The van der Waals surface area contributed by atoms with Crippen LogP contribution in [-0.4, -0.2) is 29.5 Å². The molecule has 88 valence electrons. The molecule has 1 aromatic rings. The van der Waals surface area contributed by atoms with Crippen molar-refractivity contribution in [3.63, 3.8) is 0 Å². The van der Waals surface area contributed by atoms with Gasteiger partial charge in [-0.3, -0.25) is 4.90 Å². The van der Waals surface area contributed by atoms with Gasteiger partial charge in [-0.15, -0.1) is 0 Å². The minimum absolute atomic E-state index is 0.578. The van der Waals surface area contributed by atoms with E-state index in [1.165, 1.54) is 12.8 Å². The molecule has 2 heterocycles. The highest BCUT2D eigenvalue weighted by Gasteiger charge is 2.18. The van der Waals surface area contributed by atoms with Crippen molar-refractivity contribution in [3.8, 4) is 0 Å². The van der Waals surface area contributed by atoms with Crippen molar-refractivity contribution in [2.75, 3.05) is 19.6 Å². The van der Waals surface area contributed by atoms with Gasteiger partial charge in [-0.2, -0.15) is 0 Å². The van der Waals surface area contributed by atoms with Crippen LogP contribution in [0.15, 0.2) is 18.2 Å². The largest absolute Gasteiger partial charge is 0.330 e. The monoisotopic (exact) mass is 239 g/mol. The molecule has 16 heavy (non-hydrogen) atoms. The van der Waals surface area contributed by atoms with E-state index in [1.54, 1.807) is 0 Å². The number of hydrogen-bond donors (Lipinski definition) is 1. The van der Waals surface area contributed by atoms with E-state index in [0.717, 1.165) is 31.9 Å². The van der Waals surface area contributed by atoms with Crippen LogP contribution in [0.25, 0.3) is 0 Å². The maximum atomic E-state index is 5.86. The van der Waals surface area contributed by atoms with Gasteiger partial charge < -0.3 is 5.73 Å². The highest BCUT2D eigenvalue weighted by atomic mass is 35.5. The number of pyridine rings is 1. The van der Waals surface area contributed by atoms with Gasteiger partial charge in [-0.25, -0.2) is 4.98 Å². The van der Waals surface area contributed by atoms with Gasteiger partial charge in [0.05, 0.1) is 5.69 Å². The third-order valence-corrected chi connectivity index (χ3v) is 3.41. The van der Waals surface area contributed by atoms with E-state index in [-0.39, 0.29) is 0 Å². The van der Waals surface area contributed by atoms with Crippen LogP contribution in [0.4, 0.5) is 0 Å². The Morgan fingerprint density at radius 1 is 1.38 bits per heavy atom. The van der Waals surface area contributed by atoms with Crippen LogP contribution in [0.5, 0.6) is 0 Å². The summed E-state index contributed by atoms with van der Waals surface area (Å²) in [5, 5.41) is 0.578. The standard InChI is InChI=1S/C12H18ClN3/c13-12-3-1-2-11(15-12)9-16-6-4-10(8-14)5-7-16/h1-3,10H,4-9,14H2. The Morgan fingerprint density at radius 3 is 2.75 bits per heavy atom. The van der Waals surface area contributed by atoms with E-state index >= 15 is 0 Å². The van der Waals surface area contributed by atoms with Crippen LogP contribution in [0, 0.1) is 5.92 Å². The lowest BCUT2D eigenvalue weighted by Gasteiger charge is -2.30. The summed E-state index contributed by atoms with van der Waals surface area (Å²) < 4.78 is 0. The predicted octanol–water partition coefficient (Wildman–Crippen LogP) is 1.91. The molecule has 4 heteroatoms. The molecular formula is C12H18ClN3. The summed E-state index contributed by atoms with van der Waals surface area (Å²) in [4.78, 5) is 6.73. The minimum atomic E-state index is 0.578. The third-order valence-electron chi connectivity index (χ3n) is 3.20. The summed E-state index contributed by atoms with van der Waals surface area (Å²) in [7, 11) is 0. The molecular weight excluding hydrogens is 222 g/mol. The van der Waals surface area contributed by atoms with Gasteiger partial charge in [0, 0.05) is 6.54 Å². The lowest BCUT2D eigenvalue weighted by molar-refractivity contribution is 0.179. The topological polar surface area (TPSA) is 42.1 Å². The van der Waals surface area contributed by atoms with Crippen LogP contribution in [0.3, 0.4) is 0 Å². The van der Waals surface area contributed by atoms with E-state index in [9.17, 15) is 0 Å². The molecule has 1 saturated heterocycles. The summed E-state index contributed by atoms with van der Waals surface area (Å²) in [6.07, 6.45) is 2.41. The van der Waals surface area contributed by atoms with E-state index in [2.05, 4.69) is 9.88 Å². The zero-order chi connectivity index (χ0) is 11.4. The summed E-state index contributed by atoms with van der Waals surface area (Å²) in [5.41, 5.74) is 6.73. The van der Waals surface area contributed by atoms with Crippen molar-refractivity contribution in [3.05, 3.63) is 29.0 Å². The molecule has 1 aliphatic rings. The van der Waals surface area contributed by atoms with Gasteiger partial charge in [0.15, 0.2) is 0 Å². The number of piperidine rings is 1. The Balaban J connectivity index is 1.87. The SMILES string of the molecule is NCC1CCN(Cc2cccc(Cl)n2)CC1. The summed E-state index contributed by atoms with van der Waals surface area (Å²) in [6.45, 7) is 3.97. The van der Waals surface area contributed by atoms with Crippen LogP contribution < -0.4 is 5.73 Å². The normalized spacial score (nSPS) is 18.9. The Bertz CT molecular complexity index is 335. The Hall–Kier alpha value is -0.640. The van der Waals surface area contributed by atoms with Gasteiger partial charge in [0.2, 0.25) is 0 Å². The Kier molecular flexibility index (Phi) is 4.16. The molecule has 0 radical (unpaired) electrons. The first-order chi connectivity index (χ1) is 7.78. The minimum Gasteiger partial charge on any atom is -0.330 e. The molecule has 2 rings (SSSR count). The number of nitrogens with two attached hydrogens (primary N) is 1. The molecule has 0 aromatic carbocycles. The molecule has 0 unspecified atom stereocenters. The molecule has 0 saturated carbocycles. The smallest absolute Gasteiger partial charge is 0.129 e. The molecule has 0 atom stereocenters. The van der Waals surface area contributed by atoms with Gasteiger partial charge in [0.25, 0.3) is 0 Å². The van der Waals surface area contributed by atoms with E-state index in [0.29, 0.717) is 11.1 Å². The summed E-state index contributed by atoms with van der Waals surface area (Å²) in [6, 6.07) is 5.80. The zero-order valence-corrected chi connectivity index (χ0v) is 10.2. The first kappa shape index (κ1) is 11.8. The third kappa shape index (κ3) is 3.17. The second kappa shape index (κ2) is 5.62. The fourth-order valence-corrected chi connectivity index (χ4v) is 2.33. The molecule has 1 aromatic heterocycles. The quantitative estimate of drug-likeness (QED) is 0.820. The Labute approximate surface area is 102 Å². The van der Waals surface area contributed by atoms with Gasteiger partial charge in [-0.1, -0.05) is 17.7 Å². The van der Waals surface area contributed by atoms with Gasteiger partial charge in [-0.05, 0) is 50.5 Å². The maximum Gasteiger partial charge on any atom is 0.129 e. The molecule has 0 spiro atoms. The second-order valence-electron chi connectivity index (χ2n) is 4.41. The lowest BCUT2D eigenvalue weighted by atomic mass is 9.97. The van der Waals surface area contributed by atoms with Crippen LogP contribution in [0.1, 0.15) is 18.5 Å². The number of halogens is 1. The fraction of sp³-hybridized carbons (Fsp3) is 0.583. The van der Waals surface area contributed by atoms with Crippen LogP contribution >= 0.6 is 11.6 Å². The van der Waals surface area contributed by atoms with Crippen molar-refractivity contribution in [2.24, 2.45) is 11.7 Å². The maximum absolute atomic E-state index is 5.86. The number of aromatic nitrogens is 1. The molecule has 1 fully saturated rings. The average molecular weight is 240 g/mol.